The summed E-state index contributed by atoms with van der Waals surface area (Å²) in [5.74, 6) is -2.11. The maximum atomic E-state index is 13.6. The second-order valence-electron chi connectivity index (χ2n) is 8.14. The summed E-state index contributed by atoms with van der Waals surface area (Å²) in [4.78, 5) is 44.5. The predicted octanol–water partition coefficient (Wildman–Crippen LogP) is 3.02. The van der Waals surface area contributed by atoms with Crippen LogP contribution >= 0.6 is 11.6 Å². The van der Waals surface area contributed by atoms with Crippen molar-refractivity contribution in [3.63, 3.8) is 0 Å². The zero-order valence-corrected chi connectivity index (χ0v) is 18.2. The number of imide groups is 1. The number of benzene rings is 2. The lowest BCUT2D eigenvalue weighted by molar-refractivity contribution is -0.156. The van der Waals surface area contributed by atoms with Gasteiger partial charge in [-0.25, -0.2) is 4.79 Å². The van der Waals surface area contributed by atoms with E-state index in [-0.39, 0.29) is 6.54 Å². The first-order valence-electron chi connectivity index (χ1n) is 10.5. The number of aromatic amines is 1. The molecule has 7 nitrogen and oxygen atoms in total. The highest BCUT2D eigenvalue weighted by atomic mass is 35.5. The van der Waals surface area contributed by atoms with Crippen LogP contribution in [-0.4, -0.2) is 47.9 Å². The van der Waals surface area contributed by atoms with Gasteiger partial charge in [-0.05, 0) is 48.7 Å². The van der Waals surface area contributed by atoms with Crippen molar-refractivity contribution in [1.29, 1.82) is 0 Å². The second kappa shape index (κ2) is 7.76. The average Bonchev–Trinajstić information content (AvgIpc) is 3.39. The summed E-state index contributed by atoms with van der Waals surface area (Å²) in [5, 5.41) is 4.83. The topological polar surface area (TPSA) is 91.5 Å². The number of aromatic nitrogens is 1. The highest BCUT2D eigenvalue weighted by Crippen LogP contribution is 2.43. The third-order valence-corrected chi connectivity index (χ3v) is 6.81. The predicted molar refractivity (Wildman–Crippen MR) is 119 cm³/mol. The van der Waals surface area contributed by atoms with E-state index in [1.807, 2.05) is 24.3 Å². The van der Waals surface area contributed by atoms with Crippen LogP contribution < -0.4 is 5.32 Å². The minimum atomic E-state index is -1.38. The molecule has 32 heavy (non-hydrogen) atoms. The Kier molecular flexibility index (Phi) is 5.03. The van der Waals surface area contributed by atoms with Gasteiger partial charge in [0.25, 0.3) is 5.91 Å². The van der Waals surface area contributed by atoms with Crippen molar-refractivity contribution in [2.45, 2.75) is 18.4 Å². The van der Waals surface area contributed by atoms with E-state index < -0.39 is 29.2 Å². The number of methoxy groups -OCH3 is 1. The van der Waals surface area contributed by atoms with Crippen molar-refractivity contribution < 1.29 is 19.1 Å². The monoisotopic (exact) mass is 451 g/mol. The van der Waals surface area contributed by atoms with Crippen LogP contribution in [0.3, 0.4) is 0 Å². The minimum Gasteiger partial charge on any atom is -0.467 e. The van der Waals surface area contributed by atoms with Crippen molar-refractivity contribution in [1.82, 2.24) is 15.2 Å². The van der Waals surface area contributed by atoms with Crippen LogP contribution in [0.2, 0.25) is 5.02 Å². The molecule has 1 fully saturated rings. The first-order valence-corrected chi connectivity index (χ1v) is 10.9. The molecule has 8 heteroatoms. The largest absolute Gasteiger partial charge is 0.467 e. The van der Waals surface area contributed by atoms with E-state index in [1.54, 1.807) is 24.3 Å². The molecule has 1 aromatic heterocycles. The molecule has 5 rings (SSSR count). The highest BCUT2D eigenvalue weighted by molar-refractivity contribution is 6.30. The lowest BCUT2D eigenvalue weighted by Gasteiger charge is -2.39. The number of carbonyl (C=O) groups is 3. The van der Waals surface area contributed by atoms with Gasteiger partial charge in [-0.2, -0.15) is 0 Å². The Hall–Kier alpha value is -3.16. The van der Waals surface area contributed by atoms with Crippen LogP contribution in [0.5, 0.6) is 0 Å². The number of likely N-dealkylation sites (tertiary alicyclic amines) is 1. The van der Waals surface area contributed by atoms with E-state index in [9.17, 15) is 14.4 Å². The molecule has 0 radical (unpaired) electrons. The summed E-state index contributed by atoms with van der Waals surface area (Å²) in [6.45, 7) is 0.736. The van der Waals surface area contributed by atoms with Crippen LogP contribution in [0.4, 0.5) is 0 Å². The molecule has 2 aliphatic heterocycles. The number of rotatable bonds is 3. The Morgan fingerprint density at radius 3 is 2.66 bits per heavy atom. The molecule has 2 N–H and O–H groups in total. The zero-order chi connectivity index (χ0) is 22.5. The normalized spacial score (nSPS) is 22.8. The van der Waals surface area contributed by atoms with Crippen molar-refractivity contribution in [3.8, 4) is 0 Å². The Morgan fingerprint density at radius 1 is 1.16 bits per heavy atom. The number of H-pyrrole nitrogens is 1. The SMILES string of the molecule is COC(=O)[C@]1([C@H]2CCN(C(=O)c3ccc(Cl)cc3)C2=O)NCCc2c1[nH]c1ccccc21. The molecule has 3 aromatic rings. The van der Waals surface area contributed by atoms with Gasteiger partial charge >= 0.3 is 5.97 Å². The fourth-order valence-electron chi connectivity index (χ4n) is 5.08. The van der Waals surface area contributed by atoms with E-state index in [0.29, 0.717) is 35.7 Å². The van der Waals surface area contributed by atoms with Gasteiger partial charge in [-0.3, -0.25) is 19.8 Å². The second-order valence-corrected chi connectivity index (χ2v) is 8.58. The molecule has 0 saturated carbocycles. The summed E-state index contributed by atoms with van der Waals surface area (Å²) in [6, 6.07) is 14.2. The summed E-state index contributed by atoms with van der Waals surface area (Å²) in [7, 11) is 1.32. The molecule has 1 saturated heterocycles. The number of nitrogens with one attached hydrogen (secondary N) is 2. The van der Waals surface area contributed by atoms with Gasteiger partial charge in [0.15, 0.2) is 5.54 Å². The number of ether oxygens (including phenoxy) is 1. The molecule has 0 unspecified atom stereocenters. The number of esters is 1. The molecular formula is C24H22ClN3O4. The fraction of sp³-hybridized carbons (Fsp3) is 0.292. The van der Waals surface area contributed by atoms with Crippen molar-refractivity contribution in [2.24, 2.45) is 5.92 Å². The van der Waals surface area contributed by atoms with Crippen LogP contribution in [0.25, 0.3) is 10.9 Å². The quantitative estimate of drug-likeness (QED) is 0.472. The molecular weight excluding hydrogens is 430 g/mol. The van der Waals surface area contributed by atoms with Gasteiger partial charge < -0.3 is 9.72 Å². The van der Waals surface area contributed by atoms with E-state index in [1.165, 1.54) is 12.0 Å². The minimum absolute atomic E-state index is 0.223. The lowest BCUT2D eigenvalue weighted by atomic mass is 9.75. The number of hydrogen-bond donors (Lipinski definition) is 2. The van der Waals surface area contributed by atoms with E-state index in [4.69, 9.17) is 16.3 Å². The third-order valence-electron chi connectivity index (χ3n) is 6.56. The number of amides is 2. The first-order chi connectivity index (χ1) is 15.5. The smallest absolute Gasteiger partial charge is 0.333 e. The first kappa shape index (κ1) is 20.7. The summed E-state index contributed by atoms with van der Waals surface area (Å²) >= 11 is 5.92. The Labute approximate surface area is 189 Å². The molecule has 2 atom stereocenters. The number of nitrogens with zero attached hydrogens (tertiary/aromatic N) is 1. The molecule has 2 amide bonds. The van der Waals surface area contributed by atoms with Gasteiger partial charge in [-0.1, -0.05) is 29.8 Å². The summed E-state index contributed by atoms with van der Waals surface area (Å²) in [6.07, 6.45) is 1.06. The lowest BCUT2D eigenvalue weighted by Crippen LogP contribution is -2.60. The molecule has 2 aliphatic rings. The number of hydrogen-bond acceptors (Lipinski definition) is 5. The molecule has 164 valence electrons. The van der Waals surface area contributed by atoms with Gasteiger partial charge in [0.2, 0.25) is 5.91 Å². The number of para-hydroxylation sites is 1. The third kappa shape index (κ3) is 2.96. The van der Waals surface area contributed by atoms with Gasteiger partial charge in [-0.15, -0.1) is 0 Å². The van der Waals surface area contributed by atoms with Crippen molar-refractivity contribution in [3.05, 3.63) is 70.4 Å². The molecule has 2 aromatic carbocycles. The van der Waals surface area contributed by atoms with Crippen molar-refractivity contribution >= 4 is 40.3 Å². The molecule has 0 aliphatic carbocycles. The Balaban J connectivity index is 1.57. The summed E-state index contributed by atoms with van der Waals surface area (Å²) in [5.41, 5.74) is 1.54. The Morgan fingerprint density at radius 2 is 1.91 bits per heavy atom. The van der Waals surface area contributed by atoms with Gasteiger partial charge in [0, 0.05) is 34.6 Å². The highest BCUT2D eigenvalue weighted by Gasteiger charge is 2.58. The number of halogens is 1. The number of carbonyl (C=O) groups excluding carboxylic acids is 3. The number of fused-ring (bicyclic) bond motifs is 3. The van der Waals surface area contributed by atoms with E-state index >= 15 is 0 Å². The molecule has 0 bridgehead atoms. The fourth-order valence-corrected chi connectivity index (χ4v) is 5.20. The van der Waals surface area contributed by atoms with E-state index in [0.717, 1.165) is 16.5 Å². The Bertz CT molecular complexity index is 1240. The van der Waals surface area contributed by atoms with Crippen LogP contribution in [-0.2, 0) is 26.3 Å². The van der Waals surface area contributed by atoms with Crippen LogP contribution in [0.15, 0.2) is 48.5 Å². The van der Waals surface area contributed by atoms with Crippen molar-refractivity contribution in [2.75, 3.05) is 20.2 Å². The molecule has 0 spiro atoms. The van der Waals surface area contributed by atoms with E-state index in [2.05, 4.69) is 10.3 Å². The zero-order valence-electron chi connectivity index (χ0n) is 17.5. The standard InChI is InChI=1S/C24H22ClN3O4/c1-32-23(31)24(20-17(10-12-26-24)16-4-2-3-5-19(16)27-20)18-11-13-28(22(18)30)21(29)14-6-8-15(25)9-7-14/h2-9,18,26-27H,10-13H2,1H3/t18-,24+/m0/s1. The van der Waals surface area contributed by atoms with Gasteiger partial charge in [0.05, 0.1) is 18.7 Å². The molecule has 3 heterocycles. The maximum absolute atomic E-state index is 13.6. The maximum Gasteiger partial charge on any atom is 0.333 e. The van der Waals surface area contributed by atoms with Crippen LogP contribution in [0.1, 0.15) is 28.0 Å². The summed E-state index contributed by atoms with van der Waals surface area (Å²) < 4.78 is 5.21. The van der Waals surface area contributed by atoms with Crippen LogP contribution in [0, 0.1) is 5.92 Å². The van der Waals surface area contributed by atoms with Gasteiger partial charge in [0.1, 0.15) is 0 Å². The average molecular weight is 452 g/mol.